The topological polar surface area (TPSA) is 9.23 Å². The molecule has 0 bridgehead atoms. The van der Waals surface area contributed by atoms with Gasteiger partial charge in [-0.1, -0.05) is 44.8 Å². The first-order valence-corrected chi connectivity index (χ1v) is 5.42. The van der Waals surface area contributed by atoms with Crippen molar-refractivity contribution in [2.45, 2.75) is 5.02 Å². The van der Waals surface area contributed by atoms with E-state index >= 15 is 0 Å². The maximum absolute atomic E-state index is 5.23. The fourth-order valence-corrected chi connectivity index (χ4v) is 1.15. The van der Waals surface area contributed by atoms with Crippen LogP contribution in [0.4, 0.5) is 0 Å². The summed E-state index contributed by atoms with van der Waals surface area (Å²) in [5.74, 6) is 0.541. The zero-order valence-electron chi connectivity index (χ0n) is 4.27. The summed E-state index contributed by atoms with van der Waals surface area (Å²) in [5.41, 5.74) is 0. The van der Waals surface area contributed by atoms with Gasteiger partial charge < -0.3 is 4.74 Å². The smallest absolute Gasteiger partial charge is 0.207 e. The van der Waals surface area contributed by atoms with E-state index in [2.05, 4.69) is 0 Å². The summed E-state index contributed by atoms with van der Waals surface area (Å²) < 4.78 is 4.76. The van der Waals surface area contributed by atoms with E-state index in [0.717, 1.165) is 0 Å². The van der Waals surface area contributed by atoms with Crippen LogP contribution >= 0.6 is 44.8 Å². The molecule has 0 rings (SSSR count). The highest BCUT2D eigenvalue weighted by Crippen LogP contribution is 2.18. The van der Waals surface area contributed by atoms with Crippen molar-refractivity contribution in [1.82, 2.24) is 0 Å². The molecule has 0 unspecified atom stereocenters. The van der Waals surface area contributed by atoms with E-state index in [1.165, 1.54) is 0 Å². The third kappa shape index (κ3) is 7.24. The number of ether oxygens (including phenoxy) is 1. The lowest BCUT2D eigenvalue weighted by Crippen LogP contribution is -1.92. The average Bonchev–Trinajstić information content (AvgIpc) is 1.66. The molecule has 0 N–H and O–H groups in total. The molecule has 0 aliphatic heterocycles. The predicted molar refractivity (Wildman–Crippen MR) is 42.6 cm³/mol. The Morgan fingerprint density at radius 2 is 2.25 bits per heavy atom. The van der Waals surface area contributed by atoms with E-state index in [1.807, 2.05) is 6.26 Å². The molecule has 0 heterocycles. The minimum Gasteiger partial charge on any atom is -0.337 e. The molecule has 0 aliphatic carbocycles. The van der Waals surface area contributed by atoms with Gasteiger partial charge in [-0.3, -0.25) is 0 Å². The third-order valence-electron chi connectivity index (χ3n) is 0.360. The van der Waals surface area contributed by atoms with E-state index in [4.69, 9.17) is 27.9 Å². The lowest BCUT2D eigenvalue weighted by atomic mass is 11.5. The fourth-order valence-electron chi connectivity index (χ4n) is 0.127. The van der Waals surface area contributed by atoms with Crippen molar-refractivity contribution in [3.05, 3.63) is 0 Å². The second-order valence-electron chi connectivity index (χ2n) is 0.830. The Kier molecular flexibility index (Phi) is 7.35. The van der Waals surface area contributed by atoms with Crippen molar-refractivity contribution < 1.29 is 4.74 Å². The van der Waals surface area contributed by atoms with Crippen LogP contribution in [0.15, 0.2) is 0 Å². The summed E-state index contributed by atoms with van der Waals surface area (Å²) in [6.07, 6.45) is 1.96. The molecule has 5 heteroatoms. The van der Waals surface area contributed by atoms with E-state index < -0.39 is 5.02 Å². The molecule has 0 radical (unpaired) electrons. The lowest BCUT2D eigenvalue weighted by Gasteiger charge is -1.99. The maximum Gasteiger partial charge on any atom is 0.207 e. The Labute approximate surface area is 66.8 Å². The molecule has 0 saturated carbocycles. The van der Waals surface area contributed by atoms with Crippen LogP contribution < -0.4 is 0 Å². The van der Waals surface area contributed by atoms with E-state index in [1.54, 1.807) is 21.6 Å². The zero-order chi connectivity index (χ0) is 6.41. The molecular weight excluding hydrogens is 187 g/mol. The van der Waals surface area contributed by atoms with Gasteiger partial charge in [-0.25, -0.2) is 0 Å². The molecule has 0 aromatic heterocycles. The quantitative estimate of drug-likeness (QED) is 0.294. The van der Waals surface area contributed by atoms with Crippen LogP contribution in [0.1, 0.15) is 0 Å². The van der Waals surface area contributed by atoms with Gasteiger partial charge in [0.2, 0.25) is 5.02 Å². The first kappa shape index (κ1) is 9.24. The average molecular weight is 193 g/mol. The van der Waals surface area contributed by atoms with E-state index in [9.17, 15) is 0 Å². The van der Waals surface area contributed by atoms with Crippen molar-refractivity contribution >= 4 is 44.8 Å². The van der Waals surface area contributed by atoms with Crippen LogP contribution in [-0.4, -0.2) is 17.2 Å². The maximum atomic E-state index is 5.23. The highest BCUT2D eigenvalue weighted by Gasteiger charge is 1.94. The van der Waals surface area contributed by atoms with Gasteiger partial charge in [-0.15, -0.1) is 0 Å². The van der Waals surface area contributed by atoms with Crippen LogP contribution in [0.3, 0.4) is 0 Å². The van der Waals surface area contributed by atoms with Crippen molar-refractivity contribution in [2.24, 2.45) is 0 Å². The van der Waals surface area contributed by atoms with Crippen LogP contribution in [0, 0.1) is 0 Å². The zero-order valence-corrected chi connectivity index (χ0v) is 7.41. The van der Waals surface area contributed by atoms with Gasteiger partial charge in [-0.2, -0.15) is 0 Å². The molecular formula is C3H6Cl2OS2. The summed E-state index contributed by atoms with van der Waals surface area (Å²) in [5, 5.41) is -0.686. The van der Waals surface area contributed by atoms with Gasteiger partial charge in [0, 0.05) is 0 Å². The Morgan fingerprint density at radius 3 is 2.62 bits per heavy atom. The summed E-state index contributed by atoms with van der Waals surface area (Å²) in [7, 11) is 3.18. The number of hydrogen-bond donors (Lipinski definition) is 0. The van der Waals surface area contributed by atoms with E-state index in [0.29, 0.717) is 5.94 Å². The number of halogens is 2. The van der Waals surface area contributed by atoms with Crippen molar-refractivity contribution in [1.29, 1.82) is 0 Å². The van der Waals surface area contributed by atoms with Crippen LogP contribution in [0.5, 0.6) is 0 Å². The van der Waals surface area contributed by atoms with Gasteiger partial charge in [0.1, 0.15) is 5.94 Å². The van der Waals surface area contributed by atoms with Gasteiger partial charge in [0.05, 0.1) is 0 Å². The number of hydrogen-bond acceptors (Lipinski definition) is 3. The summed E-state index contributed by atoms with van der Waals surface area (Å²) in [4.78, 5) is 0. The lowest BCUT2D eigenvalue weighted by molar-refractivity contribution is 0.209. The van der Waals surface area contributed by atoms with Crippen LogP contribution in [0.25, 0.3) is 0 Å². The summed E-state index contributed by atoms with van der Waals surface area (Å²) in [6, 6.07) is 0. The van der Waals surface area contributed by atoms with Crippen LogP contribution in [0.2, 0.25) is 0 Å². The van der Waals surface area contributed by atoms with Gasteiger partial charge in [0.25, 0.3) is 0 Å². The number of rotatable bonds is 4. The van der Waals surface area contributed by atoms with Crippen LogP contribution in [-0.2, 0) is 4.74 Å². The Bertz CT molecular complexity index is 52.5. The van der Waals surface area contributed by atoms with Crippen molar-refractivity contribution in [3.8, 4) is 0 Å². The normalized spacial score (nSPS) is 10.5. The largest absolute Gasteiger partial charge is 0.337 e. The van der Waals surface area contributed by atoms with Crippen molar-refractivity contribution in [2.75, 3.05) is 12.2 Å². The van der Waals surface area contributed by atoms with Crippen molar-refractivity contribution in [3.63, 3.8) is 0 Å². The molecule has 0 aromatic rings. The second-order valence-corrected chi connectivity index (χ2v) is 4.36. The molecule has 0 amide bonds. The standard InChI is InChI=1S/C3H6Cl2OS2/c1-7-8-2-6-3(4)5/h3H,2H2,1H3. The SMILES string of the molecule is CSSCOC(Cl)Cl. The molecule has 0 aromatic carbocycles. The van der Waals surface area contributed by atoms with Gasteiger partial charge in [0.15, 0.2) is 0 Å². The van der Waals surface area contributed by atoms with Gasteiger partial charge >= 0.3 is 0 Å². The first-order chi connectivity index (χ1) is 3.77. The first-order valence-electron chi connectivity index (χ1n) is 1.82. The monoisotopic (exact) mass is 192 g/mol. The van der Waals surface area contributed by atoms with Gasteiger partial charge in [-0.05, 0) is 6.26 Å². The predicted octanol–water partition coefficient (Wildman–Crippen LogP) is 2.73. The minimum absolute atomic E-state index is 0.541. The summed E-state index contributed by atoms with van der Waals surface area (Å²) >= 11 is 10.5. The number of alkyl halides is 2. The third-order valence-corrected chi connectivity index (χ3v) is 2.08. The Hall–Kier alpha value is 1.24. The fraction of sp³-hybridized carbons (Fsp3) is 1.00. The molecule has 8 heavy (non-hydrogen) atoms. The molecule has 0 fully saturated rings. The highest BCUT2D eigenvalue weighted by molar-refractivity contribution is 8.76. The summed E-state index contributed by atoms with van der Waals surface area (Å²) in [6.45, 7) is 0. The molecule has 1 nitrogen and oxygen atoms in total. The van der Waals surface area contributed by atoms with E-state index in [-0.39, 0.29) is 0 Å². The minimum atomic E-state index is -0.686. The molecule has 0 atom stereocenters. The molecule has 50 valence electrons. The second kappa shape index (κ2) is 6.36. The Balaban J connectivity index is 2.72. The molecule has 0 saturated heterocycles. The molecule has 0 aliphatic rings. The Morgan fingerprint density at radius 1 is 1.62 bits per heavy atom. The highest BCUT2D eigenvalue weighted by atomic mass is 35.5. The molecule has 0 spiro atoms.